The monoisotopic (exact) mass is 405 g/mol. The maximum absolute atomic E-state index is 11.9. The van der Waals surface area contributed by atoms with Gasteiger partial charge in [0.1, 0.15) is 11.5 Å². The summed E-state index contributed by atoms with van der Waals surface area (Å²) in [6.45, 7) is 3.99. The first-order valence-electron chi connectivity index (χ1n) is 9.96. The van der Waals surface area contributed by atoms with Gasteiger partial charge in [-0.3, -0.25) is 0 Å². The van der Waals surface area contributed by atoms with Crippen LogP contribution in [0.5, 0.6) is 5.75 Å². The van der Waals surface area contributed by atoms with Gasteiger partial charge in [-0.2, -0.15) is 0 Å². The summed E-state index contributed by atoms with van der Waals surface area (Å²) in [5.74, 6) is 0.227. The second-order valence-corrected chi connectivity index (χ2v) is 7.10. The van der Waals surface area contributed by atoms with E-state index in [0.717, 1.165) is 21.9 Å². The molecule has 0 aliphatic rings. The highest BCUT2D eigenvalue weighted by Gasteiger charge is 2.18. The molecule has 1 atom stereocenters. The number of aryl methyl sites for hydroxylation is 1. The van der Waals surface area contributed by atoms with Crippen molar-refractivity contribution in [3.05, 3.63) is 83.6 Å². The lowest BCUT2D eigenvalue weighted by atomic mass is 9.98. The first-order chi connectivity index (χ1) is 14.5. The molecule has 3 aromatic carbocycles. The van der Waals surface area contributed by atoms with Crippen LogP contribution in [0.1, 0.15) is 30.5 Å². The number of rotatable bonds is 8. The van der Waals surface area contributed by atoms with Crippen molar-refractivity contribution in [2.75, 3.05) is 19.0 Å². The van der Waals surface area contributed by atoms with Crippen molar-refractivity contribution in [2.24, 2.45) is 0 Å². The van der Waals surface area contributed by atoms with Crippen molar-refractivity contribution < 1.29 is 19.4 Å². The molecule has 2 N–H and O–H groups in total. The van der Waals surface area contributed by atoms with Gasteiger partial charge in [0, 0.05) is 6.42 Å². The fourth-order valence-corrected chi connectivity index (χ4v) is 3.35. The summed E-state index contributed by atoms with van der Waals surface area (Å²) in [6.07, 6.45) is 1.77. The number of benzene rings is 3. The quantitative estimate of drug-likeness (QED) is 0.224. The number of carbonyl (C=O) groups excluding carboxylic acids is 1. The zero-order valence-electron chi connectivity index (χ0n) is 17.5. The molecule has 0 saturated heterocycles. The number of anilines is 1. The molecule has 0 radical (unpaired) electrons. The molecule has 0 saturated carbocycles. The van der Waals surface area contributed by atoms with E-state index in [1.807, 2.05) is 37.3 Å². The number of aromatic hydroxyl groups is 1. The van der Waals surface area contributed by atoms with Crippen molar-refractivity contribution in [1.29, 1.82) is 0 Å². The fourth-order valence-electron chi connectivity index (χ4n) is 3.35. The fraction of sp³-hybridized carbons (Fsp3) is 0.240. The molecular weight excluding hydrogens is 378 g/mol. The van der Waals surface area contributed by atoms with Crippen LogP contribution >= 0.6 is 0 Å². The Hall–Kier alpha value is -3.47. The highest BCUT2D eigenvalue weighted by Crippen LogP contribution is 2.32. The molecule has 5 heteroatoms. The summed E-state index contributed by atoms with van der Waals surface area (Å²) < 4.78 is 10.5. The van der Waals surface area contributed by atoms with E-state index in [1.165, 1.54) is 13.2 Å². The zero-order chi connectivity index (χ0) is 21.5. The van der Waals surface area contributed by atoms with E-state index < -0.39 is 5.97 Å². The molecule has 5 nitrogen and oxygen atoms in total. The third kappa shape index (κ3) is 5.32. The average molecular weight is 405 g/mol. The Labute approximate surface area is 176 Å². The Morgan fingerprint density at radius 3 is 2.57 bits per heavy atom. The number of phenols is 1. The van der Waals surface area contributed by atoms with Crippen LogP contribution in [-0.4, -0.2) is 24.8 Å². The minimum Gasteiger partial charge on any atom is -0.506 e. The van der Waals surface area contributed by atoms with Gasteiger partial charge in [-0.05, 0) is 53.9 Å². The lowest BCUT2D eigenvalue weighted by molar-refractivity contribution is -0.137. The average Bonchev–Trinajstić information content (AvgIpc) is 2.74. The molecular formula is C25H27NO4. The summed E-state index contributed by atoms with van der Waals surface area (Å²) in [5, 5.41) is 16.0. The minimum absolute atomic E-state index is 0.175. The summed E-state index contributed by atoms with van der Waals surface area (Å²) in [6, 6.07) is 19.6. The highest BCUT2D eigenvalue weighted by molar-refractivity contribution is 5.83. The predicted octanol–water partition coefficient (Wildman–Crippen LogP) is 5.49. The van der Waals surface area contributed by atoms with Gasteiger partial charge in [0.25, 0.3) is 0 Å². The Balaban J connectivity index is 1.97. The van der Waals surface area contributed by atoms with Crippen molar-refractivity contribution >= 4 is 22.4 Å². The number of methoxy groups -OCH3 is 1. The topological polar surface area (TPSA) is 67.8 Å². The van der Waals surface area contributed by atoms with Crippen LogP contribution in [0, 0.1) is 6.92 Å². The summed E-state index contributed by atoms with van der Waals surface area (Å²) in [4.78, 5) is 11.9. The molecule has 0 aliphatic heterocycles. The van der Waals surface area contributed by atoms with Gasteiger partial charge in [0.2, 0.25) is 0 Å². The van der Waals surface area contributed by atoms with Gasteiger partial charge in [-0.1, -0.05) is 42.5 Å². The third-order valence-corrected chi connectivity index (χ3v) is 4.89. The lowest BCUT2D eigenvalue weighted by Crippen LogP contribution is -2.14. The van der Waals surface area contributed by atoms with E-state index in [4.69, 9.17) is 9.47 Å². The summed E-state index contributed by atoms with van der Waals surface area (Å²) >= 11 is 0. The molecule has 0 heterocycles. The summed E-state index contributed by atoms with van der Waals surface area (Å²) in [5.41, 5.74) is 2.60. The largest absolute Gasteiger partial charge is 0.506 e. The number of nitrogens with one attached hydrogen (secondary N) is 1. The molecule has 0 spiro atoms. The van der Waals surface area contributed by atoms with Crippen LogP contribution in [0.4, 0.5) is 5.69 Å². The number of hydrogen-bond donors (Lipinski definition) is 2. The van der Waals surface area contributed by atoms with Crippen molar-refractivity contribution in [3.8, 4) is 5.75 Å². The number of carbonyl (C=O) groups is 1. The smallest absolute Gasteiger partial charge is 0.334 e. The summed E-state index contributed by atoms with van der Waals surface area (Å²) in [7, 11) is 1.53. The molecule has 0 fully saturated rings. The van der Waals surface area contributed by atoms with Crippen LogP contribution < -0.4 is 5.32 Å². The predicted molar refractivity (Wildman–Crippen MR) is 119 cm³/mol. The van der Waals surface area contributed by atoms with E-state index in [0.29, 0.717) is 24.5 Å². The third-order valence-electron chi connectivity index (χ3n) is 4.89. The SMILES string of the molecule is CCOC(=O)/C=C(/CC(Nc1ccc(C)cc1O)c1ccc2ccccc2c1)OC. The number of phenolic OH excluding ortho intramolecular Hbond substituents is 1. The first kappa shape index (κ1) is 21.2. The molecule has 0 aliphatic carbocycles. The Morgan fingerprint density at radius 1 is 1.10 bits per heavy atom. The maximum Gasteiger partial charge on any atom is 0.334 e. The molecule has 156 valence electrons. The second-order valence-electron chi connectivity index (χ2n) is 7.10. The van der Waals surface area contributed by atoms with Crippen LogP contribution in [0.15, 0.2) is 72.5 Å². The Morgan fingerprint density at radius 2 is 1.87 bits per heavy atom. The normalized spacial score (nSPS) is 12.4. The van der Waals surface area contributed by atoms with Crippen molar-refractivity contribution in [1.82, 2.24) is 0 Å². The van der Waals surface area contributed by atoms with E-state index in [-0.39, 0.29) is 11.8 Å². The minimum atomic E-state index is -0.440. The zero-order valence-corrected chi connectivity index (χ0v) is 17.5. The van der Waals surface area contributed by atoms with E-state index in [9.17, 15) is 9.90 Å². The second kappa shape index (κ2) is 9.83. The van der Waals surface area contributed by atoms with Gasteiger partial charge in [-0.25, -0.2) is 4.79 Å². The van der Waals surface area contributed by atoms with Gasteiger partial charge in [0.15, 0.2) is 0 Å². The van der Waals surface area contributed by atoms with Gasteiger partial charge in [0.05, 0.1) is 31.5 Å². The number of hydrogen-bond acceptors (Lipinski definition) is 5. The van der Waals surface area contributed by atoms with Gasteiger partial charge < -0.3 is 19.9 Å². The molecule has 3 aromatic rings. The first-order valence-corrected chi connectivity index (χ1v) is 9.96. The number of esters is 1. The molecule has 3 rings (SSSR count). The van der Waals surface area contributed by atoms with Crippen LogP contribution in [0.2, 0.25) is 0 Å². The van der Waals surface area contributed by atoms with Gasteiger partial charge in [-0.15, -0.1) is 0 Å². The Kier molecular flexibility index (Phi) is 6.96. The molecule has 0 amide bonds. The lowest BCUT2D eigenvalue weighted by Gasteiger charge is -2.22. The van der Waals surface area contributed by atoms with Crippen LogP contribution in [0.25, 0.3) is 10.8 Å². The molecule has 0 aromatic heterocycles. The van der Waals surface area contributed by atoms with E-state index in [2.05, 4.69) is 29.6 Å². The molecule has 1 unspecified atom stereocenters. The van der Waals surface area contributed by atoms with Crippen molar-refractivity contribution in [2.45, 2.75) is 26.3 Å². The Bertz CT molecular complexity index is 1060. The van der Waals surface area contributed by atoms with E-state index >= 15 is 0 Å². The van der Waals surface area contributed by atoms with Crippen molar-refractivity contribution in [3.63, 3.8) is 0 Å². The van der Waals surface area contributed by atoms with Gasteiger partial charge >= 0.3 is 5.97 Å². The van der Waals surface area contributed by atoms with Crippen LogP contribution in [0.3, 0.4) is 0 Å². The van der Waals surface area contributed by atoms with E-state index in [1.54, 1.807) is 13.0 Å². The van der Waals surface area contributed by atoms with Crippen LogP contribution in [-0.2, 0) is 14.3 Å². The number of fused-ring (bicyclic) bond motifs is 1. The standard InChI is InChI=1S/C25H27NO4/c1-4-30-25(28)16-21(29-3)15-23(26-22-12-9-17(2)13-24(22)27)20-11-10-18-7-5-6-8-19(18)14-20/h5-14,16,23,26-27H,4,15H2,1-3H3/b21-16-. The molecule has 0 bridgehead atoms. The number of ether oxygens (including phenoxy) is 2. The maximum atomic E-state index is 11.9. The molecule has 30 heavy (non-hydrogen) atoms. The highest BCUT2D eigenvalue weighted by atomic mass is 16.5.